The van der Waals surface area contributed by atoms with E-state index >= 15 is 0 Å². The number of rotatable bonds is 5. The number of carbonyl (C=O) groups is 1. The minimum Gasteiger partial charge on any atom is -0.324 e. The molecule has 1 saturated carbocycles. The number of amides is 1. The van der Waals surface area contributed by atoms with Gasteiger partial charge >= 0.3 is 0 Å². The molecule has 0 radical (unpaired) electrons. The molecule has 1 aliphatic carbocycles. The maximum Gasteiger partial charge on any atom is 0.238 e. The largest absolute Gasteiger partial charge is 0.324 e. The normalized spacial score (nSPS) is 25.0. The Morgan fingerprint density at radius 2 is 2.05 bits per heavy atom. The van der Waals surface area contributed by atoms with Crippen molar-refractivity contribution in [2.45, 2.75) is 59.4 Å². The fourth-order valence-electron chi connectivity index (χ4n) is 3.48. The third kappa shape index (κ3) is 4.10. The van der Waals surface area contributed by atoms with E-state index in [-0.39, 0.29) is 5.91 Å². The molecule has 1 aromatic carbocycles. The standard InChI is InChI=1S/C19H30N2O/c1-5-16-10-6-9-14(3)19(16)21-18(22)12-20-17-11-7-8-13(2)15(17)4/h6,9-10,13,15,17,20H,5,7-8,11-12H2,1-4H3,(H,21,22)/t13-,15+,17-/m1/s1. The Hall–Kier alpha value is -1.35. The second kappa shape index (κ2) is 7.77. The number of hydrogen-bond acceptors (Lipinski definition) is 2. The van der Waals surface area contributed by atoms with Gasteiger partial charge in [-0.05, 0) is 42.7 Å². The van der Waals surface area contributed by atoms with Crippen LogP contribution in [-0.4, -0.2) is 18.5 Å². The molecule has 1 fully saturated rings. The van der Waals surface area contributed by atoms with Crippen molar-refractivity contribution in [2.24, 2.45) is 11.8 Å². The molecular formula is C19H30N2O. The average Bonchev–Trinajstić information content (AvgIpc) is 2.50. The molecule has 3 heteroatoms. The quantitative estimate of drug-likeness (QED) is 0.866. The van der Waals surface area contributed by atoms with Crippen LogP contribution in [0.4, 0.5) is 5.69 Å². The summed E-state index contributed by atoms with van der Waals surface area (Å²) < 4.78 is 0. The lowest BCUT2D eigenvalue weighted by atomic mass is 9.78. The van der Waals surface area contributed by atoms with Gasteiger partial charge in [0.1, 0.15) is 0 Å². The van der Waals surface area contributed by atoms with Gasteiger partial charge in [-0.1, -0.05) is 51.8 Å². The third-order valence-corrected chi connectivity index (χ3v) is 5.24. The third-order valence-electron chi connectivity index (χ3n) is 5.24. The zero-order chi connectivity index (χ0) is 16.1. The predicted octanol–water partition coefficient (Wildman–Crippen LogP) is 3.91. The number of nitrogens with one attached hydrogen (secondary N) is 2. The van der Waals surface area contributed by atoms with Crippen LogP contribution in [0, 0.1) is 18.8 Å². The van der Waals surface area contributed by atoms with Crippen molar-refractivity contribution in [2.75, 3.05) is 11.9 Å². The van der Waals surface area contributed by atoms with Crippen LogP contribution in [0.3, 0.4) is 0 Å². The summed E-state index contributed by atoms with van der Waals surface area (Å²) in [6.45, 7) is 9.19. The first-order valence-electron chi connectivity index (χ1n) is 8.64. The van der Waals surface area contributed by atoms with E-state index in [1.54, 1.807) is 0 Å². The summed E-state index contributed by atoms with van der Waals surface area (Å²) in [5.74, 6) is 1.46. The molecule has 0 unspecified atom stereocenters. The van der Waals surface area contributed by atoms with E-state index in [0.717, 1.165) is 23.6 Å². The summed E-state index contributed by atoms with van der Waals surface area (Å²) in [7, 11) is 0. The minimum atomic E-state index is 0.0643. The molecule has 0 spiro atoms. The molecule has 0 saturated heterocycles. The van der Waals surface area contributed by atoms with Crippen LogP contribution in [-0.2, 0) is 11.2 Å². The maximum absolute atomic E-state index is 12.3. The van der Waals surface area contributed by atoms with Crippen LogP contribution >= 0.6 is 0 Å². The average molecular weight is 302 g/mol. The molecule has 2 N–H and O–H groups in total. The molecule has 0 bridgehead atoms. The molecule has 1 aromatic rings. The van der Waals surface area contributed by atoms with Crippen LogP contribution in [0.2, 0.25) is 0 Å². The molecule has 1 aliphatic rings. The summed E-state index contributed by atoms with van der Waals surface area (Å²) in [6.07, 6.45) is 4.70. The highest BCUT2D eigenvalue weighted by Gasteiger charge is 2.26. The van der Waals surface area contributed by atoms with E-state index in [2.05, 4.69) is 37.5 Å². The van der Waals surface area contributed by atoms with Crippen molar-refractivity contribution in [1.29, 1.82) is 0 Å². The zero-order valence-electron chi connectivity index (χ0n) is 14.4. The Morgan fingerprint density at radius 3 is 2.77 bits per heavy atom. The summed E-state index contributed by atoms with van der Waals surface area (Å²) in [4.78, 5) is 12.3. The van der Waals surface area contributed by atoms with Gasteiger partial charge in [0, 0.05) is 11.7 Å². The van der Waals surface area contributed by atoms with Crippen molar-refractivity contribution >= 4 is 11.6 Å². The highest BCUT2D eigenvalue weighted by atomic mass is 16.1. The number of aryl methyl sites for hydroxylation is 2. The van der Waals surface area contributed by atoms with Gasteiger partial charge in [0.15, 0.2) is 0 Å². The lowest BCUT2D eigenvalue weighted by Gasteiger charge is -2.34. The molecule has 1 amide bonds. The van der Waals surface area contributed by atoms with Gasteiger partial charge in [0.2, 0.25) is 5.91 Å². The molecule has 3 atom stereocenters. The predicted molar refractivity (Wildman–Crippen MR) is 93.2 cm³/mol. The Morgan fingerprint density at radius 1 is 1.27 bits per heavy atom. The molecule has 0 aromatic heterocycles. The van der Waals surface area contributed by atoms with Crippen molar-refractivity contribution in [3.05, 3.63) is 29.3 Å². The topological polar surface area (TPSA) is 41.1 Å². The molecule has 0 aliphatic heterocycles. The van der Waals surface area contributed by atoms with E-state index in [1.807, 2.05) is 19.1 Å². The fourth-order valence-corrected chi connectivity index (χ4v) is 3.48. The number of anilines is 1. The van der Waals surface area contributed by atoms with Gasteiger partial charge in [0.05, 0.1) is 6.54 Å². The van der Waals surface area contributed by atoms with E-state index in [0.29, 0.717) is 18.5 Å². The van der Waals surface area contributed by atoms with Crippen molar-refractivity contribution < 1.29 is 4.79 Å². The highest BCUT2D eigenvalue weighted by Crippen LogP contribution is 2.29. The summed E-state index contributed by atoms with van der Waals surface area (Å²) in [6, 6.07) is 6.65. The second-order valence-electron chi connectivity index (χ2n) is 6.77. The first-order valence-corrected chi connectivity index (χ1v) is 8.64. The summed E-state index contributed by atoms with van der Waals surface area (Å²) in [5, 5.41) is 6.56. The van der Waals surface area contributed by atoms with Crippen molar-refractivity contribution in [3.63, 3.8) is 0 Å². The number of benzene rings is 1. The van der Waals surface area contributed by atoms with Crippen molar-refractivity contribution in [1.82, 2.24) is 5.32 Å². The first-order chi connectivity index (χ1) is 10.5. The van der Waals surface area contributed by atoms with E-state index in [9.17, 15) is 4.79 Å². The van der Waals surface area contributed by atoms with E-state index in [1.165, 1.54) is 24.8 Å². The molecule has 2 rings (SSSR count). The van der Waals surface area contributed by atoms with Crippen LogP contribution in [0.25, 0.3) is 0 Å². The van der Waals surface area contributed by atoms with Gasteiger partial charge in [-0.2, -0.15) is 0 Å². The Balaban J connectivity index is 1.91. The molecular weight excluding hydrogens is 272 g/mol. The van der Waals surface area contributed by atoms with E-state index < -0.39 is 0 Å². The highest BCUT2D eigenvalue weighted by molar-refractivity contribution is 5.93. The number of para-hydroxylation sites is 1. The summed E-state index contributed by atoms with van der Waals surface area (Å²) in [5.41, 5.74) is 3.32. The van der Waals surface area contributed by atoms with Gasteiger partial charge in [-0.3, -0.25) is 4.79 Å². The minimum absolute atomic E-state index is 0.0643. The first kappa shape index (κ1) is 17.0. The number of hydrogen-bond donors (Lipinski definition) is 2. The number of carbonyl (C=O) groups excluding carboxylic acids is 1. The van der Waals surface area contributed by atoms with E-state index in [4.69, 9.17) is 0 Å². The van der Waals surface area contributed by atoms with Crippen LogP contribution in [0.15, 0.2) is 18.2 Å². The maximum atomic E-state index is 12.3. The molecule has 3 nitrogen and oxygen atoms in total. The molecule has 0 heterocycles. The Labute approximate surface area is 134 Å². The monoisotopic (exact) mass is 302 g/mol. The molecule has 22 heavy (non-hydrogen) atoms. The van der Waals surface area contributed by atoms with Gasteiger partial charge < -0.3 is 10.6 Å². The second-order valence-corrected chi connectivity index (χ2v) is 6.77. The van der Waals surface area contributed by atoms with Crippen LogP contribution in [0.5, 0.6) is 0 Å². The van der Waals surface area contributed by atoms with Crippen molar-refractivity contribution in [3.8, 4) is 0 Å². The van der Waals surface area contributed by atoms with Gasteiger partial charge in [0.25, 0.3) is 0 Å². The fraction of sp³-hybridized carbons (Fsp3) is 0.632. The van der Waals surface area contributed by atoms with Gasteiger partial charge in [-0.25, -0.2) is 0 Å². The van der Waals surface area contributed by atoms with Gasteiger partial charge in [-0.15, -0.1) is 0 Å². The smallest absolute Gasteiger partial charge is 0.238 e. The SMILES string of the molecule is CCc1cccc(C)c1NC(=O)CN[C@@H]1CCC[C@@H](C)[C@@H]1C. The van der Waals surface area contributed by atoms with Crippen LogP contribution < -0.4 is 10.6 Å². The lowest BCUT2D eigenvalue weighted by Crippen LogP contribution is -2.43. The Bertz CT molecular complexity index is 512. The molecule has 122 valence electrons. The summed E-state index contributed by atoms with van der Waals surface area (Å²) >= 11 is 0. The Kier molecular flexibility index (Phi) is 6.01. The zero-order valence-corrected chi connectivity index (χ0v) is 14.4. The lowest BCUT2D eigenvalue weighted by molar-refractivity contribution is -0.115. The van der Waals surface area contributed by atoms with Crippen LogP contribution in [0.1, 0.15) is 51.2 Å².